The zero-order valence-electron chi connectivity index (χ0n) is 12.9. The number of benzene rings is 1. The minimum Gasteiger partial charge on any atom is -0.342 e. The van der Waals surface area contributed by atoms with Gasteiger partial charge in [0.25, 0.3) is 5.69 Å². The molecule has 1 aliphatic rings. The number of hydrogen-bond acceptors (Lipinski definition) is 4. The molecule has 0 radical (unpaired) electrons. The third kappa shape index (κ3) is 5.06. The predicted molar refractivity (Wildman–Crippen MR) is 92.0 cm³/mol. The van der Waals surface area contributed by atoms with Crippen molar-refractivity contribution in [2.75, 3.05) is 13.1 Å². The highest BCUT2D eigenvalue weighted by Crippen LogP contribution is 2.24. The van der Waals surface area contributed by atoms with Crippen molar-refractivity contribution in [3.8, 4) is 0 Å². The Morgan fingerprint density at radius 3 is 2.83 bits per heavy atom. The van der Waals surface area contributed by atoms with Crippen molar-refractivity contribution in [1.82, 2.24) is 4.90 Å². The lowest BCUT2D eigenvalue weighted by molar-refractivity contribution is -0.384. The van der Waals surface area contributed by atoms with Crippen molar-refractivity contribution in [2.45, 2.75) is 32.2 Å². The van der Waals surface area contributed by atoms with Gasteiger partial charge in [0.1, 0.15) is 0 Å². The molecule has 1 aliphatic heterocycles. The first-order valence-electron chi connectivity index (χ1n) is 7.34. The summed E-state index contributed by atoms with van der Waals surface area (Å²) in [5.74, 6) is 0.311. The predicted octanol–water partition coefficient (Wildman–Crippen LogP) is 2.80. The summed E-state index contributed by atoms with van der Waals surface area (Å²) in [6.45, 7) is 3.36. The highest BCUT2D eigenvalue weighted by molar-refractivity contribution is 6.31. The average molecular weight is 362 g/mol. The van der Waals surface area contributed by atoms with E-state index in [-0.39, 0.29) is 41.5 Å². The van der Waals surface area contributed by atoms with E-state index in [1.54, 1.807) is 6.07 Å². The van der Waals surface area contributed by atoms with Gasteiger partial charge in [0.15, 0.2) is 0 Å². The monoisotopic (exact) mass is 361 g/mol. The Kier molecular flexibility index (Phi) is 7.25. The number of nitrogens with two attached hydrogens (primary N) is 1. The molecule has 2 rings (SSSR count). The van der Waals surface area contributed by atoms with Crippen molar-refractivity contribution in [3.05, 3.63) is 38.9 Å². The van der Waals surface area contributed by atoms with E-state index >= 15 is 0 Å². The van der Waals surface area contributed by atoms with Gasteiger partial charge in [-0.1, -0.05) is 17.7 Å². The van der Waals surface area contributed by atoms with E-state index < -0.39 is 4.92 Å². The molecule has 0 saturated carbocycles. The first-order chi connectivity index (χ1) is 10.4. The van der Waals surface area contributed by atoms with Crippen molar-refractivity contribution in [3.63, 3.8) is 0 Å². The lowest BCUT2D eigenvalue weighted by Crippen LogP contribution is -2.45. The summed E-state index contributed by atoms with van der Waals surface area (Å²) >= 11 is 6.04. The molecule has 2 atom stereocenters. The minimum absolute atomic E-state index is 0. The molecule has 6 nitrogen and oxygen atoms in total. The lowest BCUT2D eigenvalue weighted by Gasteiger charge is -2.34. The van der Waals surface area contributed by atoms with Gasteiger partial charge in [-0.15, -0.1) is 12.4 Å². The van der Waals surface area contributed by atoms with Crippen molar-refractivity contribution < 1.29 is 9.72 Å². The molecule has 2 N–H and O–H groups in total. The quantitative estimate of drug-likeness (QED) is 0.659. The summed E-state index contributed by atoms with van der Waals surface area (Å²) in [6, 6.07) is 4.27. The third-order valence-corrected chi connectivity index (χ3v) is 4.50. The molecule has 0 aliphatic carbocycles. The Labute approximate surface area is 146 Å². The molecule has 0 aromatic heterocycles. The van der Waals surface area contributed by atoms with E-state index in [4.69, 9.17) is 17.3 Å². The van der Waals surface area contributed by atoms with Crippen molar-refractivity contribution in [2.24, 2.45) is 11.7 Å². The van der Waals surface area contributed by atoms with Gasteiger partial charge in [-0.3, -0.25) is 14.9 Å². The molecule has 1 fully saturated rings. The zero-order valence-corrected chi connectivity index (χ0v) is 14.5. The van der Waals surface area contributed by atoms with Crippen LogP contribution in [0.5, 0.6) is 0 Å². The fourth-order valence-electron chi connectivity index (χ4n) is 2.73. The van der Waals surface area contributed by atoms with Crippen molar-refractivity contribution >= 4 is 35.6 Å². The topological polar surface area (TPSA) is 89.5 Å². The van der Waals surface area contributed by atoms with Crippen LogP contribution < -0.4 is 5.73 Å². The second-order valence-corrected chi connectivity index (χ2v) is 6.22. The second-order valence-electron chi connectivity index (χ2n) is 5.81. The number of nitro groups is 1. The average Bonchev–Trinajstić information content (AvgIpc) is 2.49. The van der Waals surface area contributed by atoms with Crippen LogP contribution in [0.2, 0.25) is 5.02 Å². The van der Waals surface area contributed by atoms with E-state index in [0.29, 0.717) is 18.0 Å². The van der Waals surface area contributed by atoms with Crippen LogP contribution in [-0.2, 0) is 11.2 Å². The third-order valence-electron chi connectivity index (χ3n) is 4.14. The molecule has 1 aromatic rings. The van der Waals surface area contributed by atoms with E-state index in [0.717, 1.165) is 19.4 Å². The van der Waals surface area contributed by atoms with Gasteiger partial charge >= 0.3 is 0 Å². The number of nitrogens with zero attached hydrogens (tertiary/aromatic N) is 2. The summed E-state index contributed by atoms with van der Waals surface area (Å²) in [5, 5.41) is 10.9. The number of halogens is 2. The Hall–Kier alpha value is -1.37. The molecule has 2 unspecified atom stereocenters. The van der Waals surface area contributed by atoms with E-state index in [1.165, 1.54) is 12.1 Å². The molecule has 23 heavy (non-hydrogen) atoms. The zero-order chi connectivity index (χ0) is 16.3. The SMILES string of the molecule is CC(N)C1CCCN(C(=O)Cc2ccc([N+](=O)[O-])cc2Cl)C1.Cl. The Morgan fingerprint density at radius 2 is 2.26 bits per heavy atom. The lowest BCUT2D eigenvalue weighted by atomic mass is 9.92. The largest absolute Gasteiger partial charge is 0.342 e. The molecular formula is C15H21Cl2N3O3. The number of rotatable bonds is 4. The van der Waals surface area contributed by atoms with Crippen LogP contribution in [0.1, 0.15) is 25.3 Å². The molecule has 0 spiro atoms. The number of nitro benzene ring substituents is 1. The number of carbonyl (C=O) groups is 1. The van der Waals surface area contributed by atoms with Crippen LogP contribution in [0, 0.1) is 16.0 Å². The fourth-order valence-corrected chi connectivity index (χ4v) is 2.98. The van der Waals surface area contributed by atoms with Gasteiger partial charge < -0.3 is 10.6 Å². The van der Waals surface area contributed by atoms with Gasteiger partial charge in [0, 0.05) is 31.3 Å². The standard InChI is InChI=1S/C15H20ClN3O3.ClH/c1-10(17)12-3-2-6-18(9-12)15(20)7-11-4-5-13(19(21)22)8-14(11)16;/h4-5,8,10,12H,2-3,6-7,9,17H2,1H3;1H. The number of non-ortho nitro benzene ring substituents is 1. The Morgan fingerprint density at radius 1 is 1.57 bits per heavy atom. The Balaban J connectivity index is 0.00000264. The maximum absolute atomic E-state index is 12.4. The molecular weight excluding hydrogens is 341 g/mol. The summed E-state index contributed by atoms with van der Waals surface area (Å²) < 4.78 is 0. The number of piperidine rings is 1. The highest BCUT2D eigenvalue weighted by Gasteiger charge is 2.26. The summed E-state index contributed by atoms with van der Waals surface area (Å²) in [4.78, 5) is 24.4. The molecule has 1 saturated heterocycles. The molecule has 1 amide bonds. The number of carbonyl (C=O) groups excluding carboxylic acids is 1. The van der Waals surface area contributed by atoms with Gasteiger partial charge in [-0.25, -0.2) is 0 Å². The fraction of sp³-hybridized carbons (Fsp3) is 0.533. The molecule has 0 bridgehead atoms. The van der Waals surface area contributed by atoms with Crippen LogP contribution in [0.25, 0.3) is 0 Å². The smallest absolute Gasteiger partial charge is 0.270 e. The van der Waals surface area contributed by atoms with Gasteiger partial charge in [-0.2, -0.15) is 0 Å². The molecule has 1 heterocycles. The number of likely N-dealkylation sites (tertiary alicyclic amines) is 1. The molecule has 1 aromatic carbocycles. The molecule has 128 valence electrons. The summed E-state index contributed by atoms with van der Waals surface area (Å²) in [6.07, 6.45) is 2.15. The van der Waals surface area contributed by atoms with E-state index in [1.807, 2.05) is 11.8 Å². The van der Waals surface area contributed by atoms with E-state index in [9.17, 15) is 14.9 Å². The van der Waals surface area contributed by atoms with Crippen LogP contribution >= 0.6 is 24.0 Å². The first-order valence-corrected chi connectivity index (χ1v) is 7.72. The highest BCUT2D eigenvalue weighted by atomic mass is 35.5. The van der Waals surface area contributed by atoms with E-state index in [2.05, 4.69) is 0 Å². The van der Waals surface area contributed by atoms with Crippen LogP contribution in [0.4, 0.5) is 5.69 Å². The number of hydrogen-bond donors (Lipinski definition) is 1. The van der Waals surface area contributed by atoms with Gasteiger partial charge in [0.2, 0.25) is 5.91 Å². The Bertz CT molecular complexity index is 581. The normalized spacial score (nSPS) is 18.9. The van der Waals surface area contributed by atoms with Crippen molar-refractivity contribution in [1.29, 1.82) is 0 Å². The van der Waals surface area contributed by atoms with Crippen LogP contribution in [0.3, 0.4) is 0 Å². The summed E-state index contributed by atoms with van der Waals surface area (Å²) in [7, 11) is 0. The van der Waals surface area contributed by atoms with Gasteiger partial charge in [0.05, 0.1) is 16.4 Å². The maximum atomic E-state index is 12.4. The first kappa shape index (κ1) is 19.7. The summed E-state index contributed by atoms with van der Waals surface area (Å²) in [5.41, 5.74) is 6.47. The van der Waals surface area contributed by atoms with Crippen LogP contribution in [0.15, 0.2) is 18.2 Å². The number of amides is 1. The second kappa shape index (κ2) is 8.47. The minimum atomic E-state index is -0.505. The molecule has 8 heteroatoms. The maximum Gasteiger partial charge on any atom is 0.270 e. The van der Waals surface area contributed by atoms with Crippen LogP contribution in [-0.4, -0.2) is 34.9 Å². The van der Waals surface area contributed by atoms with Gasteiger partial charge in [-0.05, 0) is 31.2 Å².